The topological polar surface area (TPSA) is 40.1 Å². The summed E-state index contributed by atoms with van der Waals surface area (Å²) in [5, 5.41) is 3.40. The van der Waals surface area contributed by atoms with Crippen molar-refractivity contribution in [3.8, 4) is 5.75 Å². The minimum absolute atomic E-state index is 0. The molecule has 154 valence electrons. The van der Waals surface area contributed by atoms with Crippen LogP contribution in [0, 0.1) is 5.82 Å². The molecule has 0 aliphatic rings. The molecule has 0 amide bonds. The van der Waals surface area contributed by atoms with E-state index in [2.05, 4.69) is 20.1 Å². The molecular weight excluding hydrogens is 470 g/mol. The van der Waals surface area contributed by atoms with Crippen LogP contribution in [-0.2, 0) is 6.54 Å². The molecule has 1 N–H and O–H groups in total. The second-order valence-corrected chi connectivity index (χ2v) is 6.67. The van der Waals surface area contributed by atoms with Crippen molar-refractivity contribution in [3.05, 3.63) is 65.5 Å². The largest absolute Gasteiger partial charge is 0.497 e. The lowest BCUT2D eigenvalue weighted by molar-refractivity contribution is 0.294. The van der Waals surface area contributed by atoms with Gasteiger partial charge in [-0.25, -0.2) is 4.39 Å². The summed E-state index contributed by atoms with van der Waals surface area (Å²) < 4.78 is 18.8. The van der Waals surface area contributed by atoms with Crippen molar-refractivity contribution in [3.63, 3.8) is 0 Å². The normalized spacial score (nSPS) is 12.3. The first-order chi connectivity index (χ1) is 12.9. The summed E-state index contributed by atoms with van der Waals surface area (Å²) in [6.45, 7) is 1.34. The quantitative estimate of drug-likeness (QED) is 0.357. The first-order valence-electron chi connectivity index (χ1n) is 8.91. The zero-order valence-corrected chi connectivity index (χ0v) is 19.5. The number of aliphatic imine (C=N–C) groups is 1. The van der Waals surface area contributed by atoms with Gasteiger partial charge in [0.05, 0.1) is 13.2 Å². The van der Waals surface area contributed by atoms with Crippen LogP contribution in [0.1, 0.15) is 17.2 Å². The molecule has 0 aromatic heterocycles. The van der Waals surface area contributed by atoms with Crippen LogP contribution in [0.4, 0.5) is 4.39 Å². The average Bonchev–Trinajstić information content (AvgIpc) is 2.65. The summed E-state index contributed by atoms with van der Waals surface area (Å²) in [7, 11) is 9.39. The smallest absolute Gasteiger partial charge is 0.193 e. The number of hydrogen-bond donors (Lipinski definition) is 1. The van der Waals surface area contributed by atoms with Gasteiger partial charge < -0.3 is 19.9 Å². The Morgan fingerprint density at radius 2 is 1.82 bits per heavy atom. The molecular formula is C21H30FIN4O. The number of nitrogens with zero attached hydrogens (tertiary/aromatic N) is 3. The molecule has 2 aromatic rings. The summed E-state index contributed by atoms with van der Waals surface area (Å²) >= 11 is 0. The minimum Gasteiger partial charge on any atom is -0.497 e. The first-order valence-corrected chi connectivity index (χ1v) is 8.91. The molecule has 1 atom stereocenters. The molecule has 0 aliphatic heterocycles. The van der Waals surface area contributed by atoms with Gasteiger partial charge in [0, 0.05) is 27.2 Å². The molecule has 0 aliphatic carbocycles. The van der Waals surface area contributed by atoms with Gasteiger partial charge in [0.2, 0.25) is 0 Å². The fourth-order valence-corrected chi connectivity index (χ4v) is 2.96. The van der Waals surface area contributed by atoms with E-state index in [4.69, 9.17) is 4.74 Å². The van der Waals surface area contributed by atoms with Crippen molar-refractivity contribution in [2.45, 2.75) is 12.6 Å². The molecule has 2 aromatic carbocycles. The van der Waals surface area contributed by atoms with E-state index in [9.17, 15) is 4.39 Å². The monoisotopic (exact) mass is 500 g/mol. The van der Waals surface area contributed by atoms with Crippen LogP contribution < -0.4 is 10.1 Å². The fourth-order valence-electron chi connectivity index (χ4n) is 2.96. The predicted octanol–water partition coefficient (Wildman–Crippen LogP) is 3.76. The van der Waals surface area contributed by atoms with Gasteiger partial charge in [-0.1, -0.05) is 24.3 Å². The summed E-state index contributed by atoms with van der Waals surface area (Å²) in [6.07, 6.45) is 0. The van der Waals surface area contributed by atoms with Crippen LogP contribution in [-0.4, -0.2) is 57.6 Å². The van der Waals surface area contributed by atoms with Gasteiger partial charge >= 0.3 is 0 Å². The van der Waals surface area contributed by atoms with E-state index in [1.165, 1.54) is 6.07 Å². The fraction of sp³-hybridized carbons (Fsp3) is 0.381. The molecule has 7 heteroatoms. The average molecular weight is 500 g/mol. The highest BCUT2D eigenvalue weighted by Gasteiger charge is 2.16. The van der Waals surface area contributed by atoms with E-state index in [1.807, 2.05) is 51.5 Å². The van der Waals surface area contributed by atoms with Crippen molar-refractivity contribution in [1.29, 1.82) is 0 Å². The number of ether oxygens (including phenoxy) is 1. The highest BCUT2D eigenvalue weighted by atomic mass is 127. The van der Waals surface area contributed by atoms with Crippen LogP contribution in [0.2, 0.25) is 0 Å². The lowest BCUT2D eigenvalue weighted by Gasteiger charge is -2.28. The number of nitrogens with one attached hydrogen (secondary N) is 1. The van der Waals surface area contributed by atoms with E-state index in [0.29, 0.717) is 6.54 Å². The molecule has 0 saturated heterocycles. The minimum atomic E-state index is -0.222. The molecule has 28 heavy (non-hydrogen) atoms. The van der Waals surface area contributed by atoms with E-state index >= 15 is 0 Å². The van der Waals surface area contributed by atoms with Crippen molar-refractivity contribution >= 4 is 29.9 Å². The molecule has 0 bridgehead atoms. The number of halogens is 2. The third-order valence-corrected chi connectivity index (χ3v) is 4.46. The predicted molar refractivity (Wildman–Crippen MR) is 124 cm³/mol. The van der Waals surface area contributed by atoms with Crippen LogP contribution in [0.15, 0.2) is 53.5 Å². The third kappa shape index (κ3) is 6.94. The summed E-state index contributed by atoms with van der Waals surface area (Å²) in [6, 6.07) is 14.7. The highest BCUT2D eigenvalue weighted by molar-refractivity contribution is 14.0. The van der Waals surface area contributed by atoms with Gasteiger partial charge in [0.25, 0.3) is 0 Å². The zero-order chi connectivity index (χ0) is 19.8. The number of hydrogen-bond acceptors (Lipinski definition) is 3. The Kier molecular flexibility index (Phi) is 10.2. The van der Waals surface area contributed by atoms with E-state index in [1.54, 1.807) is 26.3 Å². The van der Waals surface area contributed by atoms with Crippen LogP contribution in [0.3, 0.4) is 0 Å². The maximum Gasteiger partial charge on any atom is 0.193 e. The van der Waals surface area contributed by atoms with Crippen molar-refractivity contribution in [2.75, 3.05) is 41.8 Å². The molecule has 0 spiro atoms. The molecule has 1 unspecified atom stereocenters. The lowest BCUT2D eigenvalue weighted by Crippen LogP contribution is -2.42. The second kappa shape index (κ2) is 11.9. The number of guanidine groups is 1. The number of likely N-dealkylation sites (N-methyl/N-ethyl adjacent to an activating group) is 1. The van der Waals surface area contributed by atoms with Gasteiger partial charge in [-0.3, -0.25) is 4.99 Å². The van der Waals surface area contributed by atoms with Gasteiger partial charge in [-0.05, 0) is 49.5 Å². The molecule has 0 heterocycles. The molecule has 5 nitrogen and oxygen atoms in total. The molecule has 0 radical (unpaired) electrons. The lowest BCUT2D eigenvalue weighted by atomic mass is 10.1. The maximum atomic E-state index is 13.6. The van der Waals surface area contributed by atoms with Gasteiger partial charge in [0.15, 0.2) is 5.96 Å². The van der Waals surface area contributed by atoms with Crippen LogP contribution in [0.25, 0.3) is 0 Å². The summed E-state index contributed by atoms with van der Waals surface area (Å²) in [5.74, 6) is 1.40. The van der Waals surface area contributed by atoms with Crippen molar-refractivity contribution < 1.29 is 9.13 Å². The SMILES string of the molecule is CN=C(NCC(c1cccc(F)c1)N(C)C)N(C)Cc1ccc(OC)cc1.I. The number of benzene rings is 2. The molecule has 2 rings (SSSR count). The van der Waals surface area contributed by atoms with Crippen molar-refractivity contribution in [1.82, 2.24) is 15.1 Å². The Morgan fingerprint density at radius 3 is 2.36 bits per heavy atom. The molecule has 0 fully saturated rings. The maximum absolute atomic E-state index is 13.6. The van der Waals surface area contributed by atoms with Gasteiger partial charge in [0.1, 0.15) is 11.6 Å². The van der Waals surface area contributed by atoms with E-state index < -0.39 is 0 Å². The summed E-state index contributed by atoms with van der Waals surface area (Å²) in [5.41, 5.74) is 2.09. The Labute approximate surface area is 184 Å². The Bertz CT molecular complexity index is 752. The first kappa shape index (κ1) is 24.2. The molecule has 0 saturated carbocycles. The third-order valence-electron chi connectivity index (χ3n) is 4.46. The van der Waals surface area contributed by atoms with Gasteiger partial charge in [-0.2, -0.15) is 0 Å². The van der Waals surface area contributed by atoms with E-state index in [-0.39, 0.29) is 35.8 Å². The number of methoxy groups -OCH3 is 1. The van der Waals surface area contributed by atoms with Gasteiger partial charge in [-0.15, -0.1) is 24.0 Å². The zero-order valence-electron chi connectivity index (χ0n) is 17.1. The van der Waals surface area contributed by atoms with Crippen LogP contribution in [0.5, 0.6) is 5.75 Å². The Hall–Kier alpha value is -1.87. The summed E-state index contributed by atoms with van der Waals surface area (Å²) in [4.78, 5) is 8.50. The standard InChI is InChI=1S/C21H29FN4O.HI/c1-23-21(26(4)15-16-9-11-19(27-5)12-10-16)24-14-20(25(2)3)17-7-6-8-18(22)13-17;/h6-13,20H,14-15H2,1-5H3,(H,23,24);1H. The number of rotatable bonds is 7. The second-order valence-electron chi connectivity index (χ2n) is 6.67. The highest BCUT2D eigenvalue weighted by Crippen LogP contribution is 2.18. The van der Waals surface area contributed by atoms with Crippen LogP contribution >= 0.6 is 24.0 Å². The van der Waals surface area contributed by atoms with Crippen molar-refractivity contribution in [2.24, 2.45) is 4.99 Å². The Morgan fingerprint density at radius 1 is 1.14 bits per heavy atom. The van der Waals surface area contributed by atoms with E-state index in [0.717, 1.165) is 29.4 Å². The Balaban J connectivity index is 0.00000392.